The van der Waals surface area contributed by atoms with Crippen molar-refractivity contribution in [1.82, 2.24) is 10.6 Å². The van der Waals surface area contributed by atoms with Crippen LogP contribution in [0.5, 0.6) is 0 Å². The molecule has 2 N–H and O–H groups in total. The van der Waals surface area contributed by atoms with Crippen molar-refractivity contribution in [3.05, 3.63) is 0 Å². The Morgan fingerprint density at radius 1 is 1.19 bits per heavy atom. The molecule has 1 aliphatic carbocycles. The zero-order valence-electron chi connectivity index (χ0n) is 11.1. The van der Waals surface area contributed by atoms with Crippen molar-refractivity contribution in [3.8, 4) is 0 Å². The molecule has 0 aromatic heterocycles. The fourth-order valence-electron chi connectivity index (χ4n) is 2.98. The summed E-state index contributed by atoms with van der Waals surface area (Å²) in [5, 5.41) is 6.92. The van der Waals surface area contributed by atoms with Crippen molar-refractivity contribution >= 4 is 0 Å². The Morgan fingerprint density at radius 2 is 1.88 bits per heavy atom. The quantitative estimate of drug-likeness (QED) is 0.757. The Labute approximate surface area is 99.3 Å². The maximum atomic E-state index is 5.66. The summed E-state index contributed by atoms with van der Waals surface area (Å²) in [4.78, 5) is 0. The molecule has 1 saturated heterocycles. The Bertz CT molecular complexity index is 230. The molecule has 0 amide bonds. The Balaban J connectivity index is 1.66. The maximum Gasteiger partial charge on any atom is 0.0824 e. The highest BCUT2D eigenvalue weighted by Gasteiger charge is 2.63. The predicted molar refractivity (Wildman–Crippen MR) is 66.5 cm³/mol. The fourth-order valence-corrected chi connectivity index (χ4v) is 2.98. The molecule has 0 spiro atoms. The molecule has 1 heterocycles. The zero-order chi connectivity index (χ0) is 11.8. The van der Waals surface area contributed by atoms with Crippen LogP contribution in [-0.4, -0.2) is 38.9 Å². The smallest absolute Gasteiger partial charge is 0.0824 e. The summed E-state index contributed by atoms with van der Waals surface area (Å²) < 4.78 is 5.66. The van der Waals surface area contributed by atoms with Gasteiger partial charge in [0.05, 0.1) is 12.7 Å². The van der Waals surface area contributed by atoms with E-state index in [9.17, 15) is 0 Å². The molecule has 1 saturated carbocycles. The first kappa shape index (κ1) is 12.3. The van der Waals surface area contributed by atoms with Crippen molar-refractivity contribution in [1.29, 1.82) is 0 Å². The van der Waals surface area contributed by atoms with Crippen LogP contribution in [0, 0.1) is 16.7 Å². The van der Waals surface area contributed by atoms with Crippen LogP contribution in [-0.2, 0) is 4.74 Å². The highest BCUT2D eigenvalue weighted by atomic mass is 16.5. The van der Waals surface area contributed by atoms with Crippen molar-refractivity contribution in [3.63, 3.8) is 0 Å². The molecule has 94 valence electrons. The molecule has 2 rings (SSSR count). The fraction of sp³-hybridized carbons (Fsp3) is 1.00. The number of rotatable bonds is 4. The van der Waals surface area contributed by atoms with Crippen LogP contribution in [0.2, 0.25) is 0 Å². The molecular formula is C13H26N2O. The third-order valence-electron chi connectivity index (χ3n) is 5.04. The van der Waals surface area contributed by atoms with Gasteiger partial charge in [0.2, 0.25) is 0 Å². The summed E-state index contributed by atoms with van der Waals surface area (Å²) in [7, 11) is 0. The first-order valence-electron chi connectivity index (χ1n) is 6.49. The minimum atomic E-state index is 0.360. The largest absolute Gasteiger partial charge is 0.374 e. The van der Waals surface area contributed by atoms with Crippen molar-refractivity contribution in [2.75, 3.05) is 32.8 Å². The van der Waals surface area contributed by atoms with E-state index in [4.69, 9.17) is 4.74 Å². The minimum absolute atomic E-state index is 0.360. The topological polar surface area (TPSA) is 33.3 Å². The van der Waals surface area contributed by atoms with Crippen LogP contribution in [0.4, 0.5) is 0 Å². The van der Waals surface area contributed by atoms with Gasteiger partial charge in [-0.3, -0.25) is 0 Å². The molecule has 16 heavy (non-hydrogen) atoms. The van der Waals surface area contributed by atoms with E-state index in [0.717, 1.165) is 38.7 Å². The van der Waals surface area contributed by atoms with E-state index in [2.05, 4.69) is 38.3 Å². The molecule has 3 nitrogen and oxygen atoms in total. The third-order valence-corrected chi connectivity index (χ3v) is 5.04. The molecule has 1 unspecified atom stereocenters. The van der Waals surface area contributed by atoms with Crippen LogP contribution in [0.1, 0.15) is 27.7 Å². The van der Waals surface area contributed by atoms with Gasteiger partial charge in [-0.15, -0.1) is 0 Å². The lowest BCUT2D eigenvalue weighted by molar-refractivity contribution is 0.0290. The van der Waals surface area contributed by atoms with Crippen LogP contribution >= 0.6 is 0 Å². The lowest BCUT2D eigenvalue weighted by Gasteiger charge is -2.24. The van der Waals surface area contributed by atoms with Crippen LogP contribution in [0.3, 0.4) is 0 Å². The molecule has 2 fully saturated rings. The van der Waals surface area contributed by atoms with Crippen LogP contribution < -0.4 is 10.6 Å². The van der Waals surface area contributed by atoms with Gasteiger partial charge in [0.15, 0.2) is 0 Å². The number of ether oxygens (including phenoxy) is 1. The van der Waals surface area contributed by atoms with Gasteiger partial charge in [0.1, 0.15) is 0 Å². The first-order valence-corrected chi connectivity index (χ1v) is 6.49. The van der Waals surface area contributed by atoms with Gasteiger partial charge in [-0.05, 0) is 23.3 Å². The molecule has 0 bridgehead atoms. The van der Waals surface area contributed by atoms with E-state index in [-0.39, 0.29) is 0 Å². The SMILES string of the molecule is CC1(C)C(CNCC2CNCCO2)C1(C)C. The standard InChI is InChI=1S/C13H26N2O/c1-12(2)11(13(12,3)4)9-15-8-10-7-14-5-6-16-10/h10-11,14-15H,5-9H2,1-4H3. The van der Waals surface area contributed by atoms with E-state index < -0.39 is 0 Å². The predicted octanol–water partition coefficient (Wildman–Crippen LogP) is 1.25. The first-order chi connectivity index (χ1) is 7.46. The van der Waals surface area contributed by atoms with E-state index in [1.165, 1.54) is 0 Å². The highest BCUT2D eigenvalue weighted by Crippen LogP contribution is 2.67. The summed E-state index contributed by atoms with van der Waals surface area (Å²) in [5.41, 5.74) is 0.983. The van der Waals surface area contributed by atoms with Crippen LogP contribution in [0.15, 0.2) is 0 Å². The normalized spacial score (nSPS) is 32.6. The maximum absolute atomic E-state index is 5.66. The number of nitrogens with one attached hydrogen (secondary N) is 2. The molecule has 3 heteroatoms. The lowest BCUT2D eigenvalue weighted by Crippen LogP contribution is -2.44. The van der Waals surface area contributed by atoms with Crippen molar-refractivity contribution in [2.45, 2.75) is 33.8 Å². The van der Waals surface area contributed by atoms with E-state index in [0.29, 0.717) is 16.9 Å². The Kier molecular flexibility index (Phi) is 3.30. The van der Waals surface area contributed by atoms with Gasteiger partial charge in [-0.25, -0.2) is 0 Å². The third kappa shape index (κ3) is 2.13. The van der Waals surface area contributed by atoms with E-state index in [1.807, 2.05) is 0 Å². The average Bonchev–Trinajstić information content (AvgIpc) is 2.62. The second kappa shape index (κ2) is 4.28. The number of morpholine rings is 1. The van der Waals surface area contributed by atoms with Crippen molar-refractivity contribution < 1.29 is 4.74 Å². The zero-order valence-corrected chi connectivity index (χ0v) is 11.1. The van der Waals surface area contributed by atoms with E-state index in [1.54, 1.807) is 0 Å². The van der Waals surface area contributed by atoms with Gasteiger partial charge in [0, 0.05) is 19.6 Å². The summed E-state index contributed by atoms with van der Waals surface area (Å²) in [5.74, 6) is 0.802. The minimum Gasteiger partial charge on any atom is -0.374 e. The molecule has 0 aromatic rings. The van der Waals surface area contributed by atoms with Gasteiger partial charge in [-0.2, -0.15) is 0 Å². The Hall–Kier alpha value is -0.120. The summed E-state index contributed by atoms with van der Waals surface area (Å²) >= 11 is 0. The summed E-state index contributed by atoms with van der Waals surface area (Å²) in [6.45, 7) is 14.4. The van der Waals surface area contributed by atoms with Crippen LogP contribution in [0.25, 0.3) is 0 Å². The number of hydrogen-bond donors (Lipinski definition) is 2. The second-order valence-electron chi connectivity index (χ2n) is 6.35. The summed E-state index contributed by atoms with van der Waals surface area (Å²) in [6, 6.07) is 0. The van der Waals surface area contributed by atoms with Gasteiger partial charge in [0.25, 0.3) is 0 Å². The van der Waals surface area contributed by atoms with E-state index >= 15 is 0 Å². The monoisotopic (exact) mass is 226 g/mol. The molecule has 0 aromatic carbocycles. The molecular weight excluding hydrogens is 200 g/mol. The van der Waals surface area contributed by atoms with Gasteiger partial charge < -0.3 is 15.4 Å². The second-order valence-corrected chi connectivity index (χ2v) is 6.35. The lowest BCUT2D eigenvalue weighted by atomic mass is 10.0. The molecule has 2 aliphatic rings. The molecule has 1 aliphatic heterocycles. The number of hydrogen-bond acceptors (Lipinski definition) is 3. The summed E-state index contributed by atoms with van der Waals surface area (Å²) in [6.07, 6.45) is 0.360. The van der Waals surface area contributed by atoms with Crippen molar-refractivity contribution in [2.24, 2.45) is 16.7 Å². The molecule has 1 atom stereocenters. The average molecular weight is 226 g/mol. The van der Waals surface area contributed by atoms with Gasteiger partial charge in [-0.1, -0.05) is 27.7 Å². The molecule has 0 radical (unpaired) electrons. The Morgan fingerprint density at radius 3 is 2.38 bits per heavy atom. The van der Waals surface area contributed by atoms with Gasteiger partial charge >= 0.3 is 0 Å². The highest BCUT2D eigenvalue weighted by molar-refractivity contribution is 5.12.